The number of aliphatic hydroxyl groups excluding tert-OH is 1. The van der Waals surface area contributed by atoms with Gasteiger partial charge >= 0.3 is 0 Å². The van der Waals surface area contributed by atoms with Crippen molar-refractivity contribution in [2.24, 2.45) is 17.6 Å². The summed E-state index contributed by atoms with van der Waals surface area (Å²) in [6.45, 7) is 1.39. The first-order valence-corrected chi connectivity index (χ1v) is 8.85. The molecule has 0 saturated heterocycles. The third kappa shape index (κ3) is 4.96. The van der Waals surface area contributed by atoms with Gasteiger partial charge in [-0.05, 0) is 56.9 Å². The Morgan fingerprint density at radius 1 is 1.00 bits per heavy atom. The van der Waals surface area contributed by atoms with E-state index in [2.05, 4.69) is 0 Å². The molecule has 0 bridgehead atoms. The van der Waals surface area contributed by atoms with E-state index in [9.17, 15) is 9.90 Å². The Morgan fingerprint density at radius 3 is 2.19 bits per heavy atom. The third-order valence-corrected chi connectivity index (χ3v) is 5.44. The SMILES string of the molecule is NCC1CCC(CC(=O)N(CCO)C2CCCCC2)CC1. The highest BCUT2D eigenvalue weighted by molar-refractivity contribution is 5.76. The molecule has 122 valence electrons. The minimum absolute atomic E-state index is 0.0855. The van der Waals surface area contributed by atoms with Crippen LogP contribution in [0.2, 0.25) is 0 Å². The summed E-state index contributed by atoms with van der Waals surface area (Å²) in [4.78, 5) is 14.6. The van der Waals surface area contributed by atoms with Crippen LogP contribution in [0, 0.1) is 11.8 Å². The van der Waals surface area contributed by atoms with Gasteiger partial charge in [-0.25, -0.2) is 0 Å². The van der Waals surface area contributed by atoms with Crippen molar-refractivity contribution < 1.29 is 9.90 Å². The van der Waals surface area contributed by atoms with Crippen molar-refractivity contribution in [2.45, 2.75) is 70.3 Å². The monoisotopic (exact) mass is 296 g/mol. The molecule has 0 aromatic heterocycles. The van der Waals surface area contributed by atoms with Crippen LogP contribution in [0.1, 0.15) is 64.2 Å². The molecule has 0 spiro atoms. The number of rotatable bonds is 6. The fourth-order valence-electron chi connectivity index (χ4n) is 4.05. The number of hydrogen-bond acceptors (Lipinski definition) is 3. The van der Waals surface area contributed by atoms with Crippen molar-refractivity contribution >= 4 is 5.91 Å². The molecule has 0 heterocycles. The van der Waals surface area contributed by atoms with Gasteiger partial charge in [0.1, 0.15) is 0 Å². The molecule has 21 heavy (non-hydrogen) atoms. The fraction of sp³-hybridized carbons (Fsp3) is 0.941. The Bertz CT molecular complexity index is 308. The molecule has 2 fully saturated rings. The highest BCUT2D eigenvalue weighted by atomic mass is 16.3. The number of hydrogen-bond donors (Lipinski definition) is 2. The second-order valence-corrected chi connectivity index (χ2v) is 6.93. The second kappa shape index (κ2) is 8.74. The number of carbonyl (C=O) groups is 1. The zero-order valence-electron chi connectivity index (χ0n) is 13.3. The number of aliphatic hydroxyl groups is 1. The van der Waals surface area contributed by atoms with Crippen molar-refractivity contribution in [3.05, 3.63) is 0 Å². The van der Waals surface area contributed by atoms with Gasteiger partial charge in [0.05, 0.1) is 6.61 Å². The second-order valence-electron chi connectivity index (χ2n) is 6.93. The lowest BCUT2D eigenvalue weighted by Crippen LogP contribution is -2.44. The molecule has 0 aromatic rings. The van der Waals surface area contributed by atoms with Gasteiger partial charge in [0, 0.05) is 19.0 Å². The van der Waals surface area contributed by atoms with Gasteiger partial charge in [-0.2, -0.15) is 0 Å². The van der Waals surface area contributed by atoms with Crippen LogP contribution in [-0.4, -0.2) is 41.7 Å². The van der Waals surface area contributed by atoms with Crippen LogP contribution < -0.4 is 5.73 Å². The summed E-state index contributed by atoms with van der Waals surface area (Å²) in [7, 11) is 0. The maximum Gasteiger partial charge on any atom is 0.223 e. The summed E-state index contributed by atoms with van der Waals surface area (Å²) in [5.74, 6) is 1.47. The third-order valence-electron chi connectivity index (χ3n) is 5.44. The van der Waals surface area contributed by atoms with Gasteiger partial charge < -0.3 is 15.7 Å². The predicted molar refractivity (Wildman–Crippen MR) is 84.8 cm³/mol. The lowest BCUT2D eigenvalue weighted by Gasteiger charge is -2.36. The molecule has 0 radical (unpaired) electrons. The van der Waals surface area contributed by atoms with Gasteiger partial charge in [-0.1, -0.05) is 19.3 Å². The molecule has 0 unspecified atom stereocenters. The van der Waals surface area contributed by atoms with Crippen LogP contribution >= 0.6 is 0 Å². The number of nitrogens with zero attached hydrogens (tertiary/aromatic N) is 1. The standard InChI is InChI=1S/C17H32N2O2/c18-13-15-8-6-14(7-9-15)12-17(21)19(10-11-20)16-4-2-1-3-5-16/h14-16,20H,1-13,18H2. The normalized spacial score (nSPS) is 27.5. The topological polar surface area (TPSA) is 66.6 Å². The molecule has 4 heteroatoms. The molecule has 0 aliphatic heterocycles. The van der Waals surface area contributed by atoms with E-state index < -0.39 is 0 Å². The lowest BCUT2D eigenvalue weighted by molar-refractivity contribution is -0.136. The first kappa shape index (κ1) is 16.8. The van der Waals surface area contributed by atoms with Crippen molar-refractivity contribution in [1.29, 1.82) is 0 Å². The van der Waals surface area contributed by atoms with E-state index in [1.807, 2.05) is 4.90 Å². The highest BCUT2D eigenvalue weighted by Gasteiger charge is 2.28. The van der Waals surface area contributed by atoms with Crippen LogP contribution in [0.4, 0.5) is 0 Å². The van der Waals surface area contributed by atoms with Crippen LogP contribution in [0.15, 0.2) is 0 Å². The summed E-state index contributed by atoms with van der Waals surface area (Å²) < 4.78 is 0. The minimum Gasteiger partial charge on any atom is -0.395 e. The largest absolute Gasteiger partial charge is 0.395 e. The van der Waals surface area contributed by atoms with E-state index in [0.29, 0.717) is 30.8 Å². The molecular formula is C17H32N2O2. The van der Waals surface area contributed by atoms with Gasteiger partial charge in [-0.3, -0.25) is 4.79 Å². The van der Waals surface area contributed by atoms with Crippen LogP contribution in [0.25, 0.3) is 0 Å². The molecule has 2 aliphatic rings. The Hall–Kier alpha value is -0.610. The number of nitrogens with two attached hydrogens (primary N) is 1. The predicted octanol–water partition coefficient (Wildman–Crippen LogP) is 2.30. The maximum absolute atomic E-state index is 12.6. The van der Waals surface area contributed by atoms with Crippen molar-refractivity contribution in [3.8, 4) is 0 Å². The Balaban J connectivity index is 1.83. The first-order valence-electron chi connectivity index (χ1n) is 8.85. The molecule has 0 aromatic carbocycles. The highest BCUT2D eigenvalue weighted by Crippen LogP contribution is 2.31. The maximum atomic E-state index is 12.6. The molecule has 0 atom stereocenters. The van der Waals surface area contributed by atoms with Crippen molar-refractivity contribution in [3.63, 3.8) is 0 Å². The van der Waals surface area contributed by atoms with Gasteiger partial charge in [0.25, 0.3) is 0 Å². The van der Waals surface area contributed by atoms with Gasteiger partial charge in [-0.15, -0.1) is 0 Å². The number of amides is 1. The van der Waals surface area contributed by atoms with Crippen LogP contribution in [0.3, 0.4) is 0 Å². The summed E-state index contributed by atoms with van der Waals surface area (Å²) in [5, 5.41) is 9.28. The quantitative estimate of drug-likeness (QED) is 0.790. The Kier molecular flexibility index (Phi) is 6.97. The van der Waals surface area contributed by atoms with E-state index in [1.54, 1.807) is 0 Å². The van der Waals surface area contributed by atoms with Crippen molar-refractivity contribution in [1.82, 2.24) is 4.90 Å². The fourth-order valence-corrected chi connectivity index (χ4v) is 4.05. The van der Waals surface area contributed by atoms with Gasteiger partial charge in [0.2, 0.25) is 5.91 Å². The Morgan fingerprint density at radius 2 is 1.62 bits per heavy atom. The zero-order chi connectivity index (χ0) is 15.1. The van der Waals surface area contributed by atoms with E-state index in [0.717, 1.165) is 32.2 Å². The zero-order valence-corrected chi connectivity index (χ0v) is 13.3. The molecular weight excluding hydrogens is 264 g/mol. The van der Waals surface area contributed by atoms with E-state index in [1.165, 1.54) is 32.1 Å². The molecule has 1 amide bonds. The van der Waals surface area contributed by atoms with Crippen molar-refractivity contribution in [2.75, 3.05) is 19.7 Å². The van der Waals surface area contributed by atoms with E-state index in [4.69, 9.17) is 5.73 Å². The first-order chi connectivity index (χ1) is 10.2. The molecule has 4 nitrogen and oxygen atoms in total. The summed E-state index contributed by atoms with van der Waals surface area (Å²) in [6.07, 6.45) is 11.3. The van der Waals surface area contributed by atoms with Crippen LogP contribution in [-0.2, 0) is 4.79 Å². The lowest BCUT2D eigenvalue weighted by atomic mass is 9.80. The molecule has 2 saturated carbocycles. The Labute approximate surface area is 129 Å². The van der Waals surface area contributed by atoms with Crippen LogP contribution in [0.5, 0.6) is 0 Å². The molecule has 2 aliphatic carbocycles. The summed E-state index contributed by atoms with van der Waals surface area (Å²) >= 11 is 0. The summed E-state index contributed by atoms with van der Waals surface area (Å²) in [6, 6.07) is 0.374. The molecule has 3 N–H and O–H groups in total. The number of carbonyl (C=O) groups excluding carboxylic acids is 1. The molecule has 2 rings (SSSR count). The smallest absolute Gasteiger partial charge is 0.223 e. The van der Waals surface area contributed by atoms with E-state index in [-0.39, 0.29) is 12.5 Å². The summed E-state index contributed by atoms with van der Waals surface area (Å²) in [5.41, 5.74) is 5.73. The van der Waals surface area contributed by atoms with E-state index >= 15 is 0 Å². The average Bonchev–Trinajstić information content (AvgIpc) is 2.54. The minimum atomic E-state index is 0.0855. The van der Waals surface area contributed by atoms with Gasteiger partial charge in [0.15, 0.2) is 0 Å². The average molecular weight is 296 g/mol.